The van der Waals surface area contributed by atoms with Gasteiger partial charge in [-0.3, -0.25) is 0 Å². The molecule has 1 heterocycles. The van der Waals surface area contributed by atoms with Gasteiger partial charge < -0.3 is 4.98 Å². The lowest BCUT2D eigenvalue weighted by molar-refractivity contribution is 0.710. The molecule has 0 radical (unpaired) electrons. The number of nitrogens with one attached hydrogen (secondary N) is 1. The Hall–Kier alpha value is -1.24. The normalized spacial score (nSPS) is 11.3. The molecule has 1 nitrogen and oxygen atoms in total. The van der Waals surface area contributed by atoms with Crippen molar-refractivity contribution in [1.82, 2.24) is 4.98 Å². The van der Waals surface area contributed by atoms with Crippen LogP contribution in [0.3, 0.4) is 0 Å². The Bertz CT molecular complexity index is 487. The molecule has 1 aromatic carbocycles. The maximum absolute atomic E-state index is 3.55. The zero-order chi connectivity index (χ0) is 13.5. The number of benzene rings is 1. The van der Waals surface area contributed by atoms with Crippen LogP contribution in [0, 0.1) is 0 Å². The van der Waals surface area contributed by atoms with Crippen molar-refractivity contribution in [2.75, 3.05) is 0 Å². The number of aryl methyl sites for hydroxylation is 2. The Morgan fingerprint density at radius 3 is 2.32 bits per heavy atom. The largest absolute Gasteiger partial charge is 0.358 e. The standard InChI is InChI=1S/C18H27N/c1-3-5-7-9-15-11-12-18-16(13-15)14-17(19-18)10-8-6-4-2/h11-14,19H,3-10H2,1-2H3. The highest BCUT2D eigenvalue weighted by Gasteiger charge is 2.02. The number of aromatic nitrogens is 1. The van der Waals surface area contributed by atoms with Crippen molar-refractivity contribution in [1.29, 1.82) is 0 Å². The SMILES string of the molecule is CCCCCc1ccc2[nH]c(CCCCC)cc2c1. The summed E-state index contributed by atoms with van der Waals surface area (Å²) < 4.78 is 0. The third-order valence-corrected chi connectivity index (χ3v) is 3.86. The van der Waals surface area contributed by atoms with Crippen LogP contribution in [-0.4, -0.2) is 4.98 Å². The van der Waals surface area contributed by atoms with Crippen molar-refractivity contribution in [2.24, 2.45) is 0 Å². The van der Waals surface area contributed by atoms with Gasteiger partial charge in [-0.1, -0.05) is 45.6 Å². The quantitative estimate of drug-likeness (QED) is 0.590. The average Bonchev–Trinajstić information content (AvgIpc) is 2.81. The number of rotatable bonds is 8. The van der Waals surface area contributed by atoms with E-state index in [0.717, 1.165) is 0 Å². The van der Waals surface area contributed by atoms with Crippen molar-refractivity contribution < 1.29 is 0 Å². The Labute approximate surface area is 117 Å². The molecule has 0 amide bonds. The van der Waals surface area contributed by atoms with E-state index in [1.807, 2.05) is 0 Å². The monoisotopic (exact) mass is 257 g/mol. The number of fused-ring (bicyclic) bond motifs is 1. The minimum absolute atomic E-state index is 1.19. The average molecular weight is 257 g/mol. The molecule has 0 bridgehead atoms. The van der Waals surface area contributed by atoms with Gasteiger partial charge in [0.05, 0.1) is 0 Å². The number of hydrogen-bond acceptors (Lipinski definition) is 0. The van der Waals surface area contributed by atoms with Gasteiger partial charge in [0.2, 0.25) is 0 Å². The van der Waals surface area contributed by atoms with Crippen LogP contribution in [0.2, 0.25) is 0 Å². The van der Waals surface area contributed by atoms with E-state index in [2.05, 4.69) is 43.1 Å². The van der Waals surface area contributed by atoms with E-state index >= 15 is 0 Å². The molecule has 1 aromatic heterocycles. The number of unbranched alkanes of at least 4 members (excludes halogenated alkanes) is 4. The van der Waals surface area contributed by atoms with Gasteiger partial charge in [0.1, 0.15) is 0 Å². The van der Waals surface area contributed by atoms with Crippen LogP contribution in [-0.2, 0) is 12.8 Å². The highest BCUT2D eigenvalue weighted by Crippen LogP contribution is 2.20. The second kappa shape index (κ2) is 7.37. The highest BCUT2D eigenvalue weighted by atomic mass is 14.7. The summed E-state index contributed by atoms with van der Waals surface area (Å²) in [6.07, 6.45) is 10.3. The first-order valence-electron chi connectivity index (χ1n) is 7.94. The molecule has 0 spiro atoms. The summed E-state index contributed by atoms with van der Waals surface area (Å²) in [4.78, 5) is 3.55. The maximum atomic E-state index is 3.55. The first kappa shape index (κ1) is 14.2. The number of H-pyrrole nitrogens is 1. The minimum Gasteiger partial charge on any atom is -0.358 e. The van der Waals surface area contributed by atoms with Gasteiger partial charge in [0.25, 0.3) is 0 Å². The molecule has 2 rings (SSSR count). The molecule has 0 aliphatic carbocycles. The van der Waals surface area contributed by atoms with Gasteiger partial charge >= 0.3 is 0 Å². The van der Waals surface area contributed by atoms with Crippen molar-refractivity contribution in [2.45, 2.75) is 65.2 Å². The summed E-state index contributed by atoms with van der Waals surface area (Å²) in [5.74, 6) is 0. The fourth-order valence-electron chi connectivity index (χ4n) is 2.68. The van der Waals surface area contributed by atoms with E-state index in [4.69, 9.17) is 0 Å². The third-order valence-electron chi connectivity index (χ3n) is 3.86. The molecule has 2 aromatic rings. The Morgan fingerprint density at radius 1 is 0.842 bits per heavy atom. The smallest absolute Gasteiger partial charge is 0.0456 e. The maximum Gasteiger partial charge on any atom is 0.0456 e. The molecular weight excluding hydrogens is 230 g/mol. The topological polar surface area (TPSA) is 15.8 Å². The van der Waals surface area contributed by atoms with Crippen LogP contribution in [0.5, 0.6) is 0 Å². The molecule has 1 heteroatoms. The molecule has 0 aliphatic rings. The van der Waals surface area contributed by atoms with Gasteiger partial charge in [0, 0.05) is 11.2 Å². The summed E-state index contributed by atoms with van der Waals surface area (Å²) in [5, 5.41) is 1.39. The third kappa shape index (κ3) is 4.12. The second-order valence-electron chi connectivity index (χ2n) is 5.63. The van der Waals surface area contributed by atoms with Crippen molar-refractivity contribution in [3.63, 3.8) is 0 Å². The van der Waals surface area contributed by atoms with Crippen LogP contribution in [0.15, 0.2) is 24.3 Å². The van der Waals surface area contributed by atoms with Gasteiger partial charge in [-0.2, -0.15) is 0 Å². The van der Waals surface area contributed by atoms with Crippen LogP contribution in [0.25, 0.3) is 10.9 Å². The lowest BCUT2D eigenvalue weighted by Crippen LogP contribution is -1.85. The van der Waals surface area contributed by atoms with E-state index in [1.54, 1.807) is 0 Å². The molecule has 0 saturated carbocycles. The molecule has 0 fully saturated rings. The summed E-state index contributed by atoms with van der Waals surface area (Å²) in [6, 6.07) is 9.24. The van der Waals surface area contributed by atoms with E-state index in [-0.39, 0.29) is 0 Å². The Balaban J connectivity index is 2.01. The van der Waals surface area contributed by atoms with Gasteiger partial charge in [-0.15, -0.1) is 0 Å². The lowest BCUT2D eigenvalue weighted by atomic mass is 10.1. The van der Waals surface area contributed by atoms with Crippen molar-refractivity contribution in [3.8, 4) is 0 Å². The molecule has 104 valence electrons. The highest BCUT2D eigenvalue weighted by molar-refractivity contribution is 5.81. The van der Waals surface area contributed by atoms with Crippen LogP contribution in [0.4, 0.5) is 0 Å². The second-order valence-corrected chi connectivity index (χ2v) is 5.63. The van der Waals surface area contributed by atoms with Gasteiger partial charge in [-0.25, -0.2) is 0 Å². The first-order valence-corrected chi connectivity index (χ1v) is 7.94. The molecule has 0 aliphatic heterocycles. The zero-order valence-corrected chi connectivity index (χ0v) is 12.5. The number of hydrogen-bond donors (Lipinski definition) is 1. The summed E-state index contributed by atoms with van der Waals surface area (Å²) in [6.45, 7) is 4.52. The summed E-state index contributed by atoms with van der Waals surface area (Å²) in [5.41, 5.74) is 4.18. The fourth-order valence-corrected chi connectivity index (χ4v) is 2.68. The molecule has 19 heavy (non-hydrogen) atoms. The van der Waals surface area contributed by atoms with Crippen molar-refractivity contribution >= 4 is 10.9 Å². The minimum atomic E-state index is 1.19. The summed E-state index contributed by atoms with van der Waals surface area (Å²) in [7, 11) is 0. The van der Waals surface area contributed by atoms with E-state index in [0.29, 0.717) is 0 Å². The predicted octanol–water partition coefficient (Wildman–Crippen LogP) is 5.63. The van der Waals surface area contributed by atoms with Crippen LogP contribution < -0.4 is 0 Å². The fraction of sp³-hybridized carbons (Fsp3) is 0.556. The lowest BCUT2D eigenvalue weighted by Gasteiger charge is -2.00. The Morgan fingerprint density at radius 2 is 1.58 bits per heavy atom. The predicted molar refractivity (Wildman–Crippen MR) is 84.8 cm³/mol. The van der Waals surface area contributed by atoms with E-state index < -0.39 is 0 Å². The van der Waals surface area contributed by atoms with Gasteiger partial charge in [-0.05, 0) is 54.8 Å². The molecule has 0 unspecified atom stereocenters. The van der Waals surface area contributed by atoms with Crippen molar-refractivity contribution in [3.05, 3.63) is 35.5 Å². The summed E-state index contributed by atoms with van der Waals surface area (Å²) >= 11 is 0. The molecular formula is C18H27N. The van der Waals surface area contributed by atoms with E-state index in [9.17, 15) is 0 Å². The van der Waals surface area contributed by atoms with Crippen LogP contribution in [0.1, 0.15) is 63.6 Å². The van der Waals surface area contributed by atoms with Crippen LogP contribution >= 0.6 is 0 Å². The van der Waals surface area contributed by atoms with E-state index in [1.165, 1.54) is 73.5 Å². The molecule has 0 atom stereocenters. The Kier molecular flexibility index (Phi) is 5.50. The molecule has 0 saturated heterocycles. The number of aromatic amines is 1. The van der Waals surface area contributed by atoms with Gasteiger partial charge in [0.15, 0.2) is 0 Å². The zero-order valence-electron chi connectivity index (χ0n) is 12.5. The molecule has 1 N–H and O–H groups in total. The first-order chi connectivity index (χ1) is 9.33.